The number of rotatable bonds is 4. The number of ether oxygens (including phenoxy) is 1. The van der Waals surface area contributed by atoms with Crippen LogP contribution in [0.5, 0.6) is 0 Å². The molecule has 1 atom stereocenters. The fourth-order valence-corrected chi connectivity index (χ4v) is 3.20. The number of primary amides is 1. The number of carbonyl (C=O) groups excluding carboxylic acids is 2. The third-order valence-corrected chi connectivity index (χ3v) is 4.30. The number of likely N-dealkylation sites (tertiary alicyclic amines) is 1. The molecular weight excluding hydrogens is 296 g/mol. The molecule has 2 heterocycles. The minimum Gasteiger partial charge on any atom is -0.382 e. The van der Waals surface area contributed by atoms with E-state index in [9.17, 15) is 9.59 Å². The van der Waals surface area contributed by atoms with Crippen LogP contribution in [0.2, 0.25) is 0 Å². The van der Waals surface area contributed by atoms with Crippen molar-refractivity contribution in [1.82, 2.24) is 14.9 Å². The first-order valence-corrected chi connectivity index (χ1v) is 7.41. The highest BCUT2D eigenvalue weighted by Gasteiger charge is 2.49. The maximum Gasteiger partial charge on any atom is 0.257 e. The Labute approximate surface area is 133 Å². The molecule has 0 spiro atoms. The number of amides is 2. The van der Waals surface area contributed by atoms with Crippen LogP contribution in [-0.2, 0) is 9.53 Å². The van der Waals surface area contributed by atoms with E-state index in [0.29, 0.717) is 36.0 Å². The minimum absolute atomic E-state index is 0.0878. The smallest absolute Gasteiger partial charge is 0.257 e. The molecule has 1 unspecified atom stereocenters. The largest absolute Gasteiger partial charge is 0.382 e. The average Bonchev–Trinajstić information content (AvgIpc) is 2.99. The van der Waals surface area contributed by atoms with Gasteiger partial charge in [-0.25, -0.2) is 0 Å². The Bertz CT molecular complexity index is 759. The van der Waals surface area contributed by atoms with Gasteiger partial charge in [0.15, 0.2) is 0 Å². The summed E-state index contributed by atoms with van der Waals surface area (Å²) in [5.74, 6) is -0.819. The lowest BCUT2D eigenvalue weighted by Crippen LogP contribution is -2.58. The molecule has 7 nitrogen and oxygen atoms in total. The zero-order valence-corrected chi connectivity index (χ0v) is 12.9. The predicted octanol–water partition coefficient (Wildman–Crippen LogP) is 0.736. The molecule has 1 saturated heterocycles. The van der Waals surface area contributed by atoms with Crippen LogP contribution in [0.25, 0.3) is 11.0 Å². The Hall–Kier alpha value is -2.54. The molecule has 2 aromatic rings. The van der Waals surface area contributed by atoms with Crippen LogP contribution in [0.15, 0.2) is 30.6 Å². The van der Waals surface area contributed by atoms with Crippen molar-refractivity contribution in [2.75, 3.05) is 20.3 Å². The Morgan fingerprint density at radius 1 is 1.35 bits per heavy atom. The summed E-state index contributed by atoms with van der Waals surface area (Å²) in [5, 5.41) is 0. The lowest BCUT2D eigenvalue weighted by molar-refractivity contribution is -0.130. The van der Waals surface area contributed by atoms with Gasteiger partial charge in [0.25, 0.3) is 5.91 Å². The number of aromatic nitrogens is 2. The summed E-state index contributed by atoms with van der Waals surface area (Å²) in [7, 11) is 1.50. The second kappa shape index (κ2) is 5.92. The van der Waals surface area contributed by atoms with Crippen LogP contribution >= 0.6 is 0 Å². The SMILES string of the molecule is COCC1(C(N)=O)CCCN1C(=O)c1cccc2nccnc12. The zero-order valence-electron chi connectivity index (χ0n) is 12.9. The van der Waals surface area contributed by atoms with E-state index in [0.717, 1.165) is 0 Å². The van der Waals surface area contributed by atoms with Gasteiger partial charge in [-0.2, -0.15) is 0 Å². The fourth-order valence-electron chi connectivity index (χ4n) is 3.20. The fraction of sp³-hybridized carbons (Fsp3) is 0.375. The quantitative estimate of drug-likeness (QED) is 0.897. The molecule has 3 rings (SSSR count). The van der Waals surface area contributed by atoms with Crippen molar-refractivity contribution in [3.8, 4) is 0 Å². The molecular formula is C16H18N4O3. The summed E-state index contributed by atoms with van der Waals surface area (Å²) in [5.41, 5.74) is 6.06. The third kappa shape index (κ3) is 2.43. The Morgan fingerprint density at radius 2 is 2.13 bits per heavy atom. The summed E-state index contributed by atoms with van der Waals surface area (Å²) in [6.07, 6.45) is 4.32. The molecule has 0 aliphatic carbocycles. The first-order chi connectivity index (χ1) is 11.1. The molecule has 0 bridgehead atoms. The van der Waals surface area contributed by atoms with Crippen molar-refractivity contribution in [3.63, 3.8) is 0 Å². The van der Waals surface area contributed by atoms with E-state index < -0.39 is 11.4 Å². The number of methoxy groups -OCH3 is 1. The van der Waals surface area contributed by atoms with E-state index in [1.165, 1.54) is 12.0 Å². The molecule has 1 aromatic carbocycles. The molecule has 1 aliphatic rings. The number of hydrogen-bond acceptors (Lipinski definition) is 5. The van der Waals surface area contributed by atoms with E-state index in [4.69, 9.17) is 10.5 Å². The number of nitrogens with two attached hydrogens (primary N) is 1. The normalized spacial score (nSPS) is 20.8. The van der Waals surface area contributed by atoms with Gasteiger partial charge in [-0.15, -0.1) is 0 Å². The van der Waals surface area contributed by atoms with Gasteiger partial charge in [0, 0.05) is 26.0 Å². The molecule has 23 heavy (non-hydrogen) atoms. The molecule has 7 heteroatoms. The van der Waals surface area contributed by atoms with Crippen LogP contribution in [-0.4, -0.2) is 52.5 Å². The molecule has 0 saturated carbocycles. The minimum atomic E-state index is -1.10. The maximum absolute atomic E-state index is 13.1. The van der Waals surface area contributed by atoms with Gasteiger partial charge >= 0.3 is 0 Å². The summed E-state index contributed by atoms with van der Waals surface area (Å²) < 4.78 is 5.17. The third-order valence-electron chi connectivity index (χ3n) is 4.30. The van der Waals surface area contributed by atoms with E-state index in [1.807, 2.05) is 0 Å². The highest BCUT2D eigenvalue weighted by Crippen LogP contribution is 2.32. The van der Waals surface area contributed by atoms with Crippen LogP contribution in [0.4, 0.5) is 0 Å². The van der Waals surface area contributed by atoms with Crippen molar-refractivity contribution in [3.05, 3.63) is 36.2 Å². The molecule has 2 amide bonds. The number of nitrogens with zero attached hydrogens (tertiary/aromatic N) is 3. The van der Waals surface area contributed by atoms with Crippen molar-refractivity contribution >= 4 is 22.8 Å². The van der Waals surface area contributed by atoms with Crippen LogP contribution in [0, 0.1) is 0 Å². The van der Waals surface area contributed by atoms with Crippen molar-refractivity contribution in [2.45, 2.75) is 18.4 Å². The maximum atomic E-state index is 13.1. The van der Waals surface area contributed by atoms with Gasteiger partial charge in [-0.1, -0.05) is 6.07 Å². The lowest BCUT2D eigenvalue weighted by atomic mass is 9.95. The number of benzene rings is 1. The average molecular weight is 314 g/mol. The van der Waals surface area contributed by atoms with Gasteiger partial charge in [0.05, 0.1) is 17.7 Å². The van der Waals surface area contributed by atoms with E-state index in [1.54, 1.807) is 30.6 Å². The Kier molecular flexibility index (Phi) is 3.96. The van der Waals surface area contributed by atoms with Crippen molar-refractivity contribution in [1.29, 1.82) is 0 Å². The molecule has 1 aromatic heterocycles. The number of hydrogen-bond donors (Lipinski definition) is 1. The number of carbonyl (C=O) groups is 2. The number of para-hydroxylation sites is 1. The zero-order chi connectivity index (χ0) is 16.4. The molecule has 0 radical (unpaired) electrons. The first-order valence-electron chi connectivity index (χ1n) is 7.41. The molecule has 120 valence electrons. The van der Waals surface area contributed by atoms with Gasteiger partial charge in [-0.05, 0) is 25.0 Å². The van der Waals surface area contributed by atoms with Gasteiger partial charge < -0.3 is 15.4 Å². The second-order valence-electron chi connectivity index (χ2n) is 5.62. The molecule has 1 fully saturated rings. The Morgan fingerprint density at radius 3 is 2.87 bits per heavy atom. The van der Waals surface area contributed by atoms with Gasteiger partial charge in [-0.3, -0.25) is 19.6 Å². The van der Waals surface area contributed by atoms with Crippen molar-refractivity contribution in [2.24, 2.45) is 5.73 Å². The molecule has 1 aliphatic heterocycles. The summed E-state index contributed by atoms with van der Waals surface area (Å²) in [6, 6.07) is 5.23. The van der Waals surface area contributed by atoms with Crippen LogP contribution < -0.4 is 5.73 Å². The lowest BCUT2D eigenvalue weighted by Gasteiger charge is -2.35. The van der Waals surface area contributed by atoms with Crippen LogP contribution in [0.1, 0.15) is 23.2 Å². The topological polar surface area (TPSA) is 98.4 Å². The number of fused-ring (bicyclic) bond motifs is 1. The van der Waals surface area contributed by atoms with Crippen molar-refractivity contribution < 1.29 is 14.3 Å². The first kappa shape index (κ1) is 15.4. The van der Waals surface area contributed by atoms with E-state index in [-0.39, 0.29) is 12.5 Å². The summed E-state index contributed by atoms with van der Waals surface area (Å²) in [4.78, 5) is 35.1. The Balaban J connectivity index is 2.06. The van der Waals surface area contributed by atoms with E-state index in [2.05, 4.69) is 9.97 Å². The van der Waals surface area contributed by atoms with Gasteiger partial charge in [0.2, 0.25) is 5.91 Å². The van der Waals surface area contributed by atoms with Gasteiger partial charge in [0.1, 0.15) is 11.1 Å². The highest BCUT2D eigenvalue weighted by atomic mass is 16.5. The van der Waals surface area contributed by atoms with E-state index >= 15 is 0 Å². The summed E-state index contributed by atoms with van der Waals surface area (Å²) >= 11 is 0. The summed E-state index contributed by atoms with van der Waals surface area (Å²) in [6.45, 7) is 0.548. The predicted molar refractivity (Wildman–Crippen MR) is 83.6 cm³/mol. The monoisotopic (exact) mass is 314 g/mol. The molecule has 2 N–H and O–H groups in total. The van der Waals surface area contributed by atoms with Crippen LogP contribution in [0.3, 0.4) is 0 Å². The standard InChI is InChI=1S/C16H18N4O3/c1-23-10-16(15(17)22)6-3-9-20(16)14(21)11-4-2-5-12-13(11)19-8-7-18-12/h2,4-5,7-8H,3,6,9-10H2,1H3,(H2,17,22). The second-order valence-corrected chi connectivity index (χ2v) is 5.62. The highest BCUT2D eigenvalue weighted by molar-refractivity contribution is 6.07.